The zero-order valence-electron chi connectivity index (χ0n) is 22.0. The predicted octanol–water partition coefficient (Wildman–Crippen LogP) is 2.03. The van der Waals surface area contributed by atoms with Crippen LogP contribution in [-0.4, -0.2) is 95.2 Å². The molecule has 1 aromatic rings. The first-order valence-electron chi connectivity index (χ1n) is 12.9. The average molecular weight is 507 g/mol. The van der Waals surface area contributed by atoms with Crippen molar-refractivity contribution >= 4 is 12.0 Å². The van der Waals surface area contributed by atoms with Gasteiger partial charge in [-0.1, -0.05) is 0 Å². The van der Waals surface area contributed by atoms with Gasteiger partial charge in [0.25, 0.3) is 5.91 Å². The second kappa shape index (κ2) is 14.2. The zero-order chi connectivity index (χ0) is 25.9. The van der Waals surface area contributed by atoms with E-state index in [0.717, 1.165) is 25.8 Å². The smallest absolute Gasteiger partial charge is 0.407 e. The molecule has 3 N–H and O–H groups in total. The van der Waals surface area contributed by atoms with Crippen LogP contribution in [0.2, 0.25) is 0 Å². The van der Waals surface area contributed by atoms with E-state index in [-0.39, 0.29) is 24.0 Å². The fourth-order valence-electron chi connectivity index (χ4n) is 4.60. The van der Waals surface area contributed by atoms with Crippen molar-refractivity contribution in [1.82, 2.24) is 20.9 Å². The largest absolute Gasteiger partial charge is 0.493 e. The molecule has 10 heteroatoms. The lowest BCUT2D eigenvalue weighted by Gasteiger charge is -2.31. The molecule has 3 atom stereocenters. The molecule has 2 fully saturated rings. The molecule has 202 valence electrons. The fraction of sp³-hybridized carbons (Fsp3) is 0.692. The molecule has 0 aliphatic carbocycles. The topological polar surface area (TPSA) is 110 Å². The number of ether oxygens (including phenoxy) is 4. The van der Waals surface area contributed by atoms with E-state index in [9.17, 15) is 9.59 Å². The third-order valence-corrected chi connectivity index (χ3v) is 6.67. The third-order valence-electron chi connectivity index (χ3n) is 6.67. The van der Waals surface area contributed by atoms with Crippen LogP contribution >= 0.6 is 0 Å². The maximum atomic E-state index is 13.5. The summed E-state index contributed by atoms with van der Waals surface area (Å²) in [5, 5.41) is 9.54. The van der Waals surface area contributed by atoms with Gasteiger partial charge in [-0.2, -0.15) is 0 Å². The molecule has 2 aliphatic heterocycles. The van der Waals surface area contributed by atoms with Crippen LogP contribution in [0.15, 0.2) is 18.2 Å². The van der Waals surface area contributed by atoms with Gasteiger partial charge in [-0.05, 0) is 51.4 Å². The van der Waals surface area contributed by atoms with Crippen LogP contribution < -0.4 is 25.4 Å². The van der Waals surface area contributed by atoms with Gasteiger partial charge in [0.1, 0.15) is 6.10 Å². The summed E-state index contributed by atoms with van der Waals surface area (Å²) in [5.41, 5.74) is 0.525. The second-order valence-electron chi connectivity index (χ2n) is 9.65. The Morgan fingerprint density at radius 3 is 2.69 bits per heavy atom. The number of carbonyl (C=O) groups excluding carboxylic acids is 2. The van der Waals surface area contributed by atoms with Crippen LogP contribution in [0.3, 0.4) is 0 Å². The lowest BCUT2D eigenvalue weighted by Crippen LogP contribution is -2.45. The van der Waals surface area contributed by atoms with Gasteiger partial charge in [0.05, 0.1) is 13.7 Å². The molecule has 0 bridgehead atoms. The lowest BCUT2D eigenvalue weighted by atomic mass is 10.0. The maximum Gasteiger partial charge on any atom is 0.407 e. The van der Waals surface area contributed by atoms with E-state index in [4.69, 9.17) is 18.9 Å². The summed E-state index contributed by atoms with van der Waals surface area (Å²) in [7, 11) is 3.23. The highest BCUT2D eigenvalue weighted by Crippen LogP contribution is 2.29. The first-order valence-corrected chi connectivity index (χ1v) is 12.9. The lowest BCUT2D eigenvalue weighted by molar-refractivity contribution is 0.0521. The number of rotatable bonds is 13. The van der Waals surface area contributed by atoms with Crippen LogP contribution in [0, 0.1) is 5.92 Å². The van der Waals surface area contributed by atoms with Gasteiger partial charge in [-0.3, -0.25) is 4.79 Å². The summed E-state index contributed by atoms with van der Waals surface area (Å²) in [6, 6.07) is 5.51. The van der Waals surface area contributed by atoms with Crippen molar-refractivity contribution in [2.24, 2.45) is 5.92 Å². The Morgan fingerprint density at radius 2 is 2.00 bits per heavy atom. The normalized spacial score (nSPS) is 21.4. The van der Waals surface area contributed by atoms with E-state index < -0.39 is 6.09 Å². The summed E-state index contributed by atoms with van der Waals surface area (Å²) in [5.74, 6) is 0.999. The Morgan fingerprint density at radius 1 is 1.17 bits per heavy atom. The number of benzene rings is 1. The van der Waals surface area contributed by atoms with Gasteiger partial charge >= 0.3 is 6.09 Å². The van der Waals surface area contributed by atoms with Crippen LogP contribution in [0.1, 0.15) is 43.5 Å². The molecule has 1 aromatic carbocycles. The van der Waals surface area contributed by atoms with E-state index in [2.05, 4.69) is 16.0 Å². The Hall–Kier alpha value is -2.56. The predicted molar refractivity (Wildman–Crippen MR) is 137 cm³/mol. The molecule has 0 saturated carbocycles. The van der Waals surface area contributed by atoms with Crippen LogP contribution in [-0.2, 0) is 9.47 Å². The van der Waals surface area contributed by atoms with Crippen LogP contribution in [0.5, 0.6) is 11.5 Å². The summed E-state index contributed by atoms with van der Waals surface area (Å²) in [6.45, 7) is 8.31. The highest BCUT2D eigenvalue weighted by molar-refractivity contribution is 5.95. The number of hydrogen-bond acceptors (Lipinski definition) is 8. The summed E-state index contributed by atoms with van der Waals surface area (Å²) < 4.78 is 22.1. The van der Waals surface area contributed by atoms with Gasteiger partial charge in [0.2, 0.25) is 0 Å². The monoisotopic (exact) mass is 506 g/mol. The minimum atomic E-state index is -0.407. The van der Waals surface area contributed by atoms with Crippen molar-refractivity contribution in [3.63, 3.8) is 0 Å². The zero-order valence-corrected chi connectivity index (χ0v) is 22.0. The Kier molecular flexibility index (Phi) is 11.1. The highest BCUT2D eigenvalue weighted by atomic mass is 16.6. The van der Waals surface area contributed by atoms with Crippen molar-refractivity contribution in [2.75, 3.05) is 60.2 Å². The van der Waals surface area contributed by atoms with Gasteiger partial charge in [-0.15, -0.1) is 0 Å². The molecule has 0 aromatic heterocycles. The molecule has 10 nitrogen and oxygen atoms in total. The Labute approximate surface area is 214 Å². The average Bonchev–Trinajstić information content (AvgIpc) is 3.55. The number of alkyl carbamates (subject to hydrolysis) is 1. The minimum absolute atomic E-state index is 0.00489. The molecule has 0 radical (unpaired) electrons. The number of methoxy groups -OCH3 is 2. The van der Waals surface area contributed by atoms with E-state index in [1.165, 1.54) is 0 Å². The van der Waals surface area contributed by atoms with Gasteiger partial charge in [0, 0.05) is 69.9 Å². The highest BCUT2D eigenvalue weighted by Gasteiger charge is 2.34. The standard InChI is InChI=1S/C26H42N4O6/c1-18(2)30(25(31)19-8-9-22(34-4)23(13-19)35-12-6-11-33-3)17-20-14-27-16-24(20)36-26(32)29-15-21-7-5-10-28-21/h8-9,13,18,20-21,24,27-28H,5-7,10-12,14-17H2,1-4H3,(H,29,32)/t20-,21-,24+/m0/s1. The van der Waals surface area contributed by atoms with E-state index >= 15 is 0 Å². The van der Waals surface area contributed by atoms with Gasteiger partial charge in [-0.25, -0.2) is 4.79 Å². The van der Waals surface area contributed by atoms with Crippen molar-refractivity contribution in [1.29, 1.82) is 0 Å². The molecular weight excluding hydrogens is 464 g/mol. The third kappa shape index (κ3) is 7.97. The molecule has 3 rings (SSSR count). The summed E-state index contributed by atoms with van der Waals surface area (Å²) in [6.07, 6.45) is 2.22. The van der Waals surface area contributed by atoms with E-state index in [0.29, 0.717) is 62.5 Å². The molecule has 2 aliphatic rings. The number of hydrogen-bond donors (Lipinski definition) is 3. The Bertz CT molecular complexity index is 846. The molecule has 2 saturated heterocycles. The molecular formula is C26H42N4O6. The quantitative estimate of drug-likeness (QED) is 0.349. The number of nitrogens with zero attached hydrogens (tertiary/aromatic N) is 1. The van der Waals surface area contributed by atoms with Gasteiger partial charge in [0.15, 0.2) is 11.5 Å². The van der Waals surface area contributed by atoms with Crippen molar-refractivity contribution in [3.8, 4) is 11.5 Å². The molecule has 2 amide bonds. The van der Waals surface area contributed by atoms with Gasteiger partial charge < -0.3 is 39.8 Å². The van der Waals surface area contributed by atoms with E-state index in [1.54, 1.807) is 32.4 Å². The minimum Gasteiger partial charge on any atom is -0.493 e. The van der Waals surface area contributed by atoms with Crippen molar-refractivity contribution in [3.05, 3.63) is 23.8 Å². The Balaban J connectivity index is 1.61. The van der Waals surface area contributed by atoms with E-state index in [1.807, 2.05) is 18.7 Å². The molecule has 2 heterocycles. The fourth-order valence-corrected chi connectivity index (χ4v) is 4.60. The number of amides is 2. The number of nitrogens with one attached hydrogen (secondary N) is 3. The van der Waals surface area contributed by atoms with Crippen LogP contribution in [0.25, 0.3) is 0 Å². The summed E-state index contributed by atoms with van der Waals surface area (Å²) >= 11 is 0. The van der Waals surface area contributed by atoms with Crippen molar-refractivity contribution < 1.29 is 28.5 Å². The SMILES string of the molecule is COCCCOc1cc(C(=O)N(C[C@@H]2CNC[C@H]2OC(=O)NC[C@@H]2CCCN2)C(C)C)ccc1OC. The van der Waals surface area contributed by atoms with Crippen molar-refractivity contribution in [2.45, 2.75) is 51.3 Å². The van der Waals surface area contributed by atoms with Crippen LogP contribution in [0.4, 0.5) is 4.79 Å². The molecule has 0 unspecified atom stereocenters. The second-order valence-corrected chi connectivity index (χ2v) is 9.65. The molecule has 0 spiro atoms. The summed E-state index contributed by atoms with van der Waals surface area (Å²) in [4.78, 5) is 27.8. The molecule has 36 heavy (non-hydrogen) atoms. The maximum absolute atomic E-state index is 13.5. The first-order chi connectivity index (χ1) is 17.4. The number of carbonyl (C=O) groups is 2. The first kappa shape index (κ1) is 28.0.